The summed E-state index contributed by atoms with van der Waals surface area (Å²) in [5.74, 6) is 0.389. The number of carbonyl (C=O) groups is 1. The van der Waals surface area contributed by atoms with Gasteiger partial charge in [0.1, 0.15) is 4.64 Å². The molecule has 1 saturated heterocycles. The third-order valence-electron chi connectivity index (χ3n) is 3.39. The van der Waals surface area contributed by atoms with Crippen LogP contribution in [0.3, 0.4) is 0 Å². The van der Waals surface area contributed by atoms with Crippen molar-refractivity contribution in [2.75, 3.05) is 13.2 Å². The molecule has 1 amide bonds. The minimum absolute atomic E-state index is 0.101. The Labute approximate surface area is 112 Å². The number of ether oxygens (including phenoxy) is 1. The van der Waals surface area contributed by atoms with E-state index in [-0.39, 0.29) is 11.9 Å². The summed E-state index contributed by atoms with van der Waals surface area (Å²) in [6, 6.07) is 3.67. The van der Waals surface area contributed by atoms with Gasteiger partial charge in [-0.2, -0.15) is 0 Å². The number of amides is 1. The molecule has 2 heterocycles. The third-order valence-corrected chi connectivity index (χ3v) is 3.73. The lowest BCUT2D eigenvalue weighted by molar-refractivity contribution is 0.0538. The number of rotatable bonds is 3. The lowest BCUT2D eigenvalue weighted by Gasteiger charge is -2.28. The summed E-state index contributed by atoms with van der Waals surface area (Å²) in [5, 5.41) is 3.03. The number of nitrogens with one attached hydrogen (secondary N) is 2. The number of pyridine rings is 1. The van der Waals surface area contributed by atoms with Gasteiger partial charge in [-0.05, 0) is 37.8 Å². The van der Waals surface area contributed by atoms with Crippen molar-refractivity contribution >= 4 is 18.1 Å². The highest BCUT2D eigenvalue weighted by Crippen LogP contribution is 2.18. The van der Waals surface area contributed by atoms with Gasteiger partial charge in [0.15, 0.2) is 0 Å². The fourth-order valence-corrected chi connectivity index (χ4v) is 2.45. The van der Waals surface area contributed by atoms with Crippen LogP contribution in [0.1, 0.15) is 30.1 Å². The molecule has 2 rings (SSSR count). The summed E-state index contributed by atoms with van der Waals surface area (Å²) in [7, 11) is 0. The van der Waals surface area contributed by atoms with Gasteiger partial charge in [-0.3, -0.25) is 4.79 Å². The van der Waals surface area contributed by atoms with Crippen molar-refractivity contribution in [2.24, 2.45) is 5.92 Å². The molecule has 0 unspecified atom stereocenters. The van der Waals surface area contributed by atoms with E-state index in [0.29, 0.717) is 16.1 Å². The Kier molecular flexibility index (Phi) is 4.49. The van der Waals surface area contributed by atoms with Gasteiger partial charge in [0.2, 0.25) is 0 Å². The lowest BCUT2D eigenvalue weighted by Crippen LogP contribution is -2.40. The maximum atomic E-state index is 12.1. The number of H-pyrrole nitrogens is 1. The van der Waals surface area contributed by atoms with Crippen molar-refractivity contribution in [2.45, 2.75) is 25.8 Å². The van der Waals surface area contributed by atoms with Crippen molar-refractivity contribution in [1.29, 1.82) is 0 Å². The molecule has 98 valence electrons. The molecule has 1 fully saturated rings. The quantitative estimate of drug-likeness (QED) is 0.825. The molecule has 0 radical (unpaired) electrons. The molecule has 0 bridgehead atoms. The fourth-order valence-electron chi connectivity index (χ4n) is 2.22. The molecule has 1 aliphatic rings. The minimum atomic E-state index is -0.101. The Balaban J connectivity index is 1.98. The highest BCUT2D eigenvalue weighted by Gasteiger charge is 2.22. The molecule has 1 aromatic rings. The van der Waals surface area contributed by atoms with E-state index in [4.69, 9.17) is 17.0 Å². The number of hydrogen-bond donors (Lipinski definition) is 2. The van der Waals surface area contributed by atoms with Gasteiger partial charge in [0.25, 0.3) is 5.91 Å². The van der Waals surface area contributed by atoms with E-state index in [9.17, 15) is 4.79 Å². The molecule has 0 saturated carbocycles. The summed E-state index contributed by atoms with van der Waals surface area (Å²) < 4.78 is 5.80. The normalized spacial score (nSPS) is 18.3. The first-order valence-electron chi connectivity index (χ1n) is 6.25. The molecule has 4 nitrogen and oxygen atoms in total. The van der Waals surface area contributed by atoms with E-state index in [1.165, 1.54) is 0 Å². The van der Waals surface area contributed by atoms with Gasteiger partial charge in [-0.1, -0.05) is 12.2 Å². The van der Waals surface area contributed by atoms with Crippen LogP contribution in [0.25, 0.3) is 0 Å². The van der Waals surface area contributed by atoms with Crippen LogP contribution in [-0.2, 0) is 4.74 Å². The maximum absolute atomic E-state index is 12.1. The van der Waals surface area contributed by atoms with Crippen LogP contribution in [-0.4, -0.2) is 30.1 Å². The van der Waals surface area contributed by atoms with E-state index in [0.717, 1.165) is 26.1 Å². The second-order valence-electron chi connectivity index (χ2n) is 4.62. The molecule has 5 heteroatoms. The summed E-state index contributed by atoms with van der Waals surface area (Å²) in [4.78, 5) is 15.0. The molecule has 1 atom stereocenters. The van der Waals surface area contributed by atoms with Gasteiger partial charge < -0.3 is 15.0 Å². The standard InChI is InChI=1S/C13H18N2O2S/c1-9(10-4-7-17-8-5-10)15-12(16)11-3-2-6-14-13(11)18/h2-3,6,9-10H,4-5,7-8H2,1H3,(H,14,18)(H,15,16)/t9-/m0/s1. The molecular formula is C13H18N2O2S. The summed E-state index contributed by atoms with van der Waals surface area (Å²) in [5.41, 5.74) is 0.534. The van der Waals surface area contributed by atoms with Gasteiger partial charge >= 0.3 is 0 Å². The van der Waals surface area contributed by atoms with Crippen molar-refractivity contribution in [3.05, 3.63) is 28.5 Å². The van der Waals surface area contributed by atoms with Crippen molar-refractivity contribution in [1.82, 2.24) is 10.3 Å². The lowest BCUT2D eigenvalue weighted by atomic mass is 9.93. The van der Waals surface area contributed by atoms with Crippen molar-refractivity contribution in [3.8, 4) is 0 Å². The average molecular weight is 266 g/mol. The largest absolute Gasteiger partial charge is 0.381 e. The molecule has 1 aliphatic heterocycles. The Bertz CT molecular complexity index is 466. The third kappa shape index (κ3) is 3.17. The Morgan fingerprint density at radius 2 is 2.28 bits per heavy atom. The molecule has 0 aliphatic carbocycles. The second kappa shape index (κ2) is 6.11. The SMILES string of the molecule is C[C@H](NC(=O)c1ccc[nH]c1=S)C1CCOCC1. The molecule has 0 aromatic carbocycles. The van der Waals surface area contributed by atoms with Gasteiger partial charge in [0.05, 0.1) is 5.56 Å². The van der Waals surface area contributed by atoms with Crippen LogP contribution in [0, 0.1) is 10.6 Å². The summed E-state index contributed by atoms with van der Waals surface area (Å²) >= 11 is 5.10. The zero-order valence-electron chi connectivity index (χ0n) is 10.4. The first kappa shape index (κ1) is 13.2. The molecule has 1 aromatic heterocycles. The summed E-state index contributed by atoms with van der Waals surface area (Å²) in [6.07, 6.45) is 3.73. The molecule has 0 spiro atoms. The Morgan fingerprint density at radius 1 is 1.56 bits per heavy atom. The second-order valence-corrected chi connectivity index (χ2v) is 5.03. The monoisotopic (exact) mass is 266 g/mol. The van der Waals surface area contributed by atoms with Crippen LogP contribution in [0.5, 0.6) is 0 Å². The van der Waals surface area contributed by atoms with Crippen LogP contribution >= 0.6 is 12.2 Å². The predicted octanol–water partition coefficient (Wildman–Crippen LogP) is 2.29. The Morgan fingerprint density at radius 3 is 2.94 bits per heavy atom. The van der Waals surface area contributed by atoms with Crippen molar-refractivity contribution < 1.29 is 9.53 Å². The highest BCUT2D eigenvalue weighted by molar-refractivity contribution is 7.71. The first-order valence-corrected chi connectivity index (χ1v) is 6.65. The maximum Gasteiger partial charge on any atom is 0.254 e. The zero-order valence-corrected chi connectivity index (χ0v) is 11.3. The number of aromatic amines is 1. The smallest absolute Gasteiger partial charge is 0.254 e. The molecule has 2 N–H and O–H groups in total. The predicted molar refractivity (Wildman–Crippen MR) is 72.1 cm³/mol. The average Bonchev–Trinajstić information content (AvgIpc) is 2.40. The Hall–Kier alpha value is -1.20. The first-order chi connectivity index (χ1) is 8.68. The van der Waals surface area contributed by atoms with Crippen molar-refractivity contribution in [3.63, 3.8) is 0 Å². The number of carbonyl (C=O) groups excluding carboxylic acids is 1. The zero-order chi connectivity index (χ0) is 13.0. The van der Waals surface area contributed by atoms with Crippen LogP contribution in [0.15, 0.2) is 18.3 Å². The topological polar surface area (TPSA) is 54.1 Å². The molecule has 18 heavy (non-hydrogen) atoms. The van der Waals surface area contributed by atoms with E-state index < -0.39 is 0 Å². The minimum Gasteiger partial charge on any atom is -0.381 e. The van der Waals surface area contributed by atoms with Crippen LogP contribution in [0.4, 0.5) is 0 Å². The van der Waals surface area contributed by atoms with E-state index in [1.54, 1.807) is 18.3 Å². The van der Waals surface area contributed by atoms with Crippen LogP contribution in [0.2, 0.25) is 0 Å². The van der Waals surface area contributed by atoms with Gasteiger partial charge in [-0.15, -0.1) is 0 Å². The number of aromatic nitrogens is 1. The van der Waals surface area contributed by atoms with Gasteiger partial charge in [0, 0.05) is 25.5 Å². The fraction of sp³-hybridized carbons (Fsp3) is 0.538. The molecular weight excluding hydrogens is 248 g/mol. The van der Waals surface area contributed by atoms with Crippen LogP contribution < -0.4 is 5.32 Å². The summed E-state index contributed by atoms with van der Waals surface area (Å²) in [6.45, 7) is 3.62. The highest BCUT2D eigenvalue weighted by atomic mass is 32.1. The van der Waals surface area contributed by atoms with E-state index >= 15 is 0 Å². The van der Waals surface area contributed by atoms with E-state index in [2.05, 4.69) is 10.3 Å². The van der Waals surface area contributed by atoms with Gasteiger partial charge in [-0.25, -0.2) is 0 Å². The van der Waals surface area contributed by atoms with E-state index in [1.807, 2.05) is 6.92 Å². The number of hydrogen-bond acceptors (Lipinski definition) is 3.